The second-order valence-corrected chi connectivity index (χ2v) is 3.51. The molecular weight excluding hydrogens is 212 g/mol. The van der Waals surface area contributed by atoms with Gasteiger partial charge in [0, 0.05) is 5.75 Å². The van der Waals surface area contributed by atoms with E-state index in [2.05, 4.69) is 9.97 Å². The van der Waals surface area contributed by atoms with Crippen LogP contribution in [0.25, 0.3) is 0 Å². The van der Waals surface area contributed by atoms with Crippen molar-refractivity contribution in [2.45, 2.75) is 5.03 Å². The van der Waals surface area contributed by atoms with Crippen LogP contribution < -0.4 is 0 Å². The van der Waals surface area contributed by atoms with E-state index in [-0.39, 0.29) is 17.3 Å². The van der Waals surface area contributed by atoms with Crippen LogP contribution in [0.5, 0.6) is 0 Å². The van der Waals surface area contributed by atoms with Gasteiger partial charge in [-0.25, -0.2) is 9.97 Å². The maximum absolute atomic E-state index is 10.6. The highest BCUT2D eigenvalue weighted by molar-refractivity contribution is 7.99. The first kappa shape index (κ1) is 10.4. The third-order valence-electron chi connectivity index (χ3n) is 1.25. The van der Waals surface area contributed by atoms with Crippen molar-refractivity contribution >= 4 is 29.6 Å². The van der Waals surface area contributed by atoms with Gasteiger partial charge in [0.15, 0.2) is 6.29 Å². The summed E-state index contributed by atoms with van der Waals surface area (Å²) in [5, 5.41) is 9.22. The molecule has 1 rings (SSSR count). The van der Waals surface area contributed by atoms with Gasteiger partial charge in [0.05, 0.1) is 12.2 Å². The lowest BCUT2D eigenvalue weighted by Crippen LogP contribution is -1.96. The van der Waals surface area contributed by atoms with Crippen LogP contribution in [0.1, 0.15) is 10.4 Å². The molecule has 4 nitrogen and oxygen atoms in total. The number of thioether (sulfide) groups is 1. The number of hydrogen-bond donors (Lipinski definition) is 1. The summed E-state index contributed by atoms with van der Waals surface area (Å²) in [6, 6.07) is 0. The summed E-state index contributed by atoms with van der Waals surface area (Å²) in [6.45, 7) is 0.0323. The molecule has 0 fully saturated rings. The number of aldehydes is 1. The average Bonchev–Trinajstić information content (AvgIpc) is 2.15. The predicted molar refractivity (Wildman–Crippen MR) is 50.2 cm³/mol. The van der Waals surface area contributed by atoms with Gasteiger partial charge in [-0.3, -0.25) is 4.79 Å². The Morgan fingerprint density at radius 3 is 3.00 bits per heavy atom. The molecule has 0 bridgehead atoms. The van der Waals surface area contributed by atoms with Crippen molar-refractivity contribution in [2.24, 2.45) is 0 Å². The van der Waals surface area contributed by atoms with Gasteiger partial charge < -0.3 is 5.11 Å². The standard InChI is InChI=1S/C7H7ClN2O2S/c8-6-5(3-12)7(10-4-9-6)13-2-1-11/h3-4,11H,1-2H2. The number of carbonyl (C=O) groups excluding carboxylic acids is 1. The van der Waals surface area contributed by atoms with Crippen LogP contribution in [0, 0.1) is 0 Å². The molecule has 6 heteroatoms. The molecule has 1 heterocycles. The number of aromatic nitrogens is 2. The van der Waals surface area contributed by atoms with Gasteiger partial charge in [-0.05, 0) is 0 Å². The molecule has 0 radical (unpaired) electrons. The highest BCUT2D eigenvalue weighted by Crippen LogP contribution is 2.22. The minimum atomic E-state index is 0.0323. The quantitative estimate of drug-likeness (QED) is 0.465. The number of aliphatic hydroxyl groups is 1. The molecule has 0 spiro atoms. The lowest BCUT2D eigenvalue weighted by molar-refractivity contribution is 0.112. The zero-order valence-electron chi connectivity index (χ0n) is 6.61. The van der Waals surface area contributed by atoms with Gasteiger partial charge in [0.1, 0.15) is 16.5 Å². The summed E-state index contributed by atoms with van der Waals surface area (Å²) in [7, 11) is 0. The van der Waals surface area contributed by atoms with Crippen LogP contribution in [0.4, 0.5) is 0 Å². The lowest BCUT2D eigenvalue weighted by Gasteiger charge is -2.01. The molecular formula is C7H7ClN2O2S. The molecule has 1 aromatic heterocycles. The third kappa shape index (κ3) is 2.65. The second-order valence-electron chi connectivity index (χ2n) is 2.07. The number of carbonyl (C=O) groups is 1. The van der Waals surface area contributed by atoms with E-state index in [4.69, 9.17) is 16.7 Å². The lowest BCUT2D eigenvalue weighted by atomic mass is 10.4. The van der Waals surface area contributed by atoms with Gasteiger partial charge >= 0.3 is 0 Å². The fraction of sp³-hybridized carbons (Fsp3) is 0.286. The minimum Gasteiger partial charge on any atom is -0.396 e. The van der Waals surface area contributed by atoms with Gasteiger partial charge in [0.25, 0.3) is 0 Å². The average molecular weight is 219 g/mol. The fourth-order valence-corrected chi connectivity index (χ4v) is 1.66. The third-order valence-corrected chi connectivity index (χ3v) is 2.53. The second kappa shape index (κ2) is 5.16. The predicted octanol–water partition coefficient (Wildman–Crippen LogP) is 1.03. The molecule has 0 saturated heterocycles. The molecule has 13 heavy (non-hydrogen) atoms. The summed E-state index contributed by atoms with van der Waals surface area (Å²) in [5.41, 5.74) is 0.280. The summed E-state index contributed by atoms with van der Waals surface area (Å²) < 4.78 is 0. The molecule has 0 saturated carbocycles. The van der Waals surface area contributed by atoms with Gasteiger partial charge in [0.2, 0.25) is 0 Å². The maximum atomic E-state index is 10.6. The van der Waals surface area contributed by atoms with Gasteiger partial charge in [-0.2, -0.15) is 0 Å². The van der Waals surface area contributed by atoms with Crippen molar-refractivity contribution in [3.05, 3.63) is 17.0 Å². The van der Waals surface area contributed by atoms with Crippen molar-refractivity contribution < 1.29 is 9.90 Å². The molecule has 0 amide bonds. The molecule has 0 aliphatic heterocycles. The molecule has 1 aromatic rings. The topological polar surface area (TPSA) is 63.1 Å². The van der Waals surface area contributed by atoms with E-state index in [0.717, 1.165) is 0 Å². The SMILES string of the molecule is O=Cc1c(Cl)ncnc1SCCO. The summed E-state index contributed by atoms with van der Waals surface area (Å²) in [4.78, 5) is 18.1. The van der Waals surface area contributed by atoms with E-state index in [0.29, 0.717) is 17.1 Å². The molecule has 1 N–H and O–H groups in total. The van der Waals surface area contributed by atoms with Crippen molar-refractivity contribution in [1.82, 2.24) is 9.97 Å². The molecule has 0 aliphatic rings. The fourth-order valence-electron chi connectivity index (χ4n) is 0.716. The Bertz CT molecular complexity index is 309. The van der Waals surface area contributed by atoms with E-state index in [1.807, 2.05) is 0 Å². The molecule has 70 valence electrons. The van der Waals surface area contributed by atoms with E-state index < -0.39 is 0 Å². The van der Waals surface area contributed by atoms with Crippen LogP contribution in [-0.4, -0.2) is 33.7 Å². The number of aliphatic hydroxyl groups excluding tert-OH is 1. The molecule has 0 atom stereocenters. The number of rotatable bonds is 4. The first-order valence-corrected chi connectivity index (χ1v) is 4.85. The van der Waals surface area contributed by atoms with Crippen molar-refractivity contribution in [3.63, 3.8) is 0 Å². The Labute approximate surface area is 84.3 Å². The number of hydrogen-bond acceptors (Lipinski definition) is 5. The van der Waals surface area contributed by atoms with Crippen LogP contribution >= 0.6 is 23.4 Å². The van der Waals surface area contributed by atoms with Gasteiger partial charge in [-0.15, -0.1) is 11.8 Å². The van der Waals surface area contributed by atoms with Crippen molar-refractivity contribution in [3.8, 4) is 0 Å². The van der Waals surface area contributed by atoms with Crippen LogP contribution in [0.15, 0.2) is 11.4 Å². The van der Waals surface area contributed by atoms with Crippen LogP contribution in [0.3, 0.4) is 0 Å². The minimum absolute atomic E-state index is 0.0323. The first-order valence-electron chi connectivity index (χ1n) is 3.49. The van der Waals surface area contributed by atoms with E-state index >= 15 is 0 Å². The zero-order chi connectivity index (χ0) is 9.68. The number of nitrogens with zero attached hydrogens (tertiary/aromatic N) is 2. The molecule has 0 aliphatic carbocycles. The highest BCUT2D eigenvalue weighted by Gasteiger charge is 2.08. The monoisotopic (exact) mass is 218 g/mol. The normalized spacial score (nSPS) is 10.0. The zero-order valence-corrected chi connectivity index (χ0v) is 8.18. The van der Waals surface area contributed by atoms with Gasteiger partial charge in [-0.1, -0.05) is 11.6 Å². The molecule has 0 unspecified atom stereocenters. The Morgan fingerprint density at radius 2 is 2.38 bits per heavy atom. The smallest absolute Gasteiger partial charge is 0.155 e. The van der Waals surface area contributed by atoms with Crippen LogP contribution in [0.2, 0.25) is 5.15 Å². The summed E-state index contributed by atoms with van der Waals surface area (Å²) in [5.74, 6) is 0.480. The Kier molecular flexibility index (Phi) is 4.14. The Balaban J connectivity index is 2.91. The Morgan fingerprint density at radius 1 is 1.62 bits per heavy atom. The van der Waals surface area contributed by atoms with E-state index in [9.17, 15) is 4.79 Å². The summed E-state index contributed by atoms with van der Waals surface area (Å²) >= 11 is 6.92. The molecule has 0 aromatic carbocycles. The summed E-state index contributed by atoms with van der Waals surface area (Å²) in [6.07, 6.45) is 1.90. The van der Waals surface area contributed by atoms with Crippen molar-refractivity contribution in [1.29, 1.82) is 0 Å². The van der Waals surface area contributed by atoms with Crippen molar-refractivity contribution in [2.75, 3.05) is 12.4 Å². The highest BCUT2D eigenvalue weighted by atomic mass is 35.5. The maximum Gasteiger partial charge on any atom is 0.155 e. The van der Waals surface area contributed by atoms with E-state index in [1.54, 1.807) is 0 Å². The van der Waals surface area contributed by atoms with E-state index in [1.165, 1.54) is 18.1 Å². The van der Waals surface area contributed by atoms with Crippen LogP contribution in [-0.2, 0) is 0 Å². The largest absolute Gasteiger partial charge is 0.396 e. The number of halogens is 1. The first-order chi connectivity index (χ1) is 6.29. The Hall–Kier alpha value is -0.650.